The molecule has 0 aliphatic carbocycles. The number of benzene rings is 1. The van der Waals surface area contributed by atoms with Crippen molar-refractivity contribution in [3.8, 4) is 0 Å². The predicted octanol–water partition coefficient (Wildman–Crippen LogP) is -1.15. The Morgan fingerprint density at radius 2 is 1.95 bits per heavy atom. The van der Waals surface area contributed by atoms with Gasteiger partial charge >= 0.3 is 0 Å². The molecule has 0 radical (unpaired) electrons. The van der Waals surface area contributed by atoms with Gasteiger partial charge in [-0.2, -0.15) is 0 Å². The Kier molecular flexibility index (Phi) is 7.37. The Morgan fingerprint density at radius 3 is 2.68 bits per heavy atom. The molecule has 5 amide bonds. The highest BCUT2D eigenvalue weighted by atomic mass is 16.2. The zero-order valence-corrected chi connectivity index (χ0v) is 21.0. The van der Waals surface area contributed by atoms with Crippen LogP contribution in [0.1, 0.15) is 64.4 Å². The van der Waals surface area contributed by atoms with Crippen LogP contribution in [0.4, 0.5) is 0 Å². The van der Waals surface area contributed by atoms with Crippen LogP contribution in [0.3, 0.4) is 0 Å². The molecule has 5 unspecified atom stereocenters. The second-order valence-electron chi connectivity index (χ2n) is 10.3. The van der Waals surface area contributed by atoms with Gasteiger partial charge in [-0.3, -0.25) is 39.1 Å². The molecule has 5 atom stereocenters. The largest absolute Gasteiger partial charge is 0.368 e. The molecule has 5 rings (SSSR count). The lowest BCUT2D eigenvalue weighted by Crippen LogP contribution is -2.59. The molecule has 38 heavy (non-hydrogen) atoms. The van der Waals surface area contributed by atoms with Gasteiger partial charge in [0.2, 0.25) is 17.7 Å². The Balaban J connectivity index is 1.40. The van der Waals surface area contributed by atoms with Crippen molar-refractivity contribution in [1.29, 1.82) is 0 Å². The number of nitrogens with zero attached hydrogens (tertiary/aromatic N) is 2. The minimum absolute atomic E-state index is 0.0389. The fourth-order valence-corrected chi connectivity index (χ4v) is 6.44. The molecule has 4 aliphatic rings. The smallest absolute Gasteiger partial charge is 0.262 e. The predicted molar refractivity (Wildman–Crippen MR) is 134 cm³/mol. The average molecular weight is 525 g/mol. The maximum Gasteiger partial charge on any atom is 0.262 e. The number of imide groups is 2. The van der Waals surface area contributed by atoms with Crippen LogP contribution in [-0.2, 0) is 19.2 Å². The summed E-state index contributed by atoms with van der Waals surface area (Å²) in [6.45, 7) is 2.63. The summed E-state index contributed by atoms with van der Waals surface area (Å²) in [5.41, 5.74) is 6.88. The van der Waals surface area contributed by atoms with E-state index in [-0.39, 0.29) is 42.8 Å². The number of primary amides is 1. The standard InChI is InChI=1S/C26H32N6O6/c27-23(35)18(7-11-33)31-10-9-28-13-15(31)12-14-6-8-29-22(14)16-2-1-3-17-21(16)26(38)32(25(17)37)19-4-5-20(34)30-24(19)36/h1-3,11,14-15,18-19,22,28-29H,4-10,12-13H2,(H2,27,35)(H,30,34,36). The van der Waals surface area contributed by atoms with Crippen molar-refractivity contribution in [1.82, 2.24) is 25.8 Å². The Labute approximate surface area is 219 Å². The van der Waals surface area contributed by atoms with Crippen LogP contribution in [0.25, 0.3) is 0 Å². The third kappa shape index (κ3) is 4.63. The second kappa shape index (κ2) is 10.7. The quantitative estimate of drug-likeness (QED) is 0.242. The fourth-order valence-electron chi connectivity index (χ4n) is 6.44. The molecule has 202 valence electrons. The molecule has 4 heterocycles. The van der Waals surface area contributed by atoms with Gasteiger partial charge in [0, 0.05) is 44.6 Å². The zero-order chi connectivity index (χ0) is 27.0. The van der Waals surface area contributed by atoms with Crippen molar-refractivity contribution < 1.29 is 28.8 Å². The number of piperidine rings is 1. The zero-order valence-electron chi connectivity index (χ0n) is 21.0. The number of carbonyl (C=O) groups is 6. The van der Waals surface area contributed by atoms with Crippen molar-refractivity contribution >= 4 is 35.8 Å². The Hall–Kier alpha value is -3.48. The van der Waals surface area contributed by atoms with E-state index in [2.05, 4.69) is 16.0 Å². The topological polar surface area (TPSA) is 171 Å². The Morgan fingerprint density at radius 1 is 1.13 bits per heavy atom. The van der Waals surface area contributed by atoms with Crippen LogP contribution in [0, 0.1) is 5.92 Å². The molecule has 0 spiro atoms. The third-order valence-electron chi connectivity index (χ3n) is 8.21. The van der Waals surface area contributed by atoms with Crippen LogP contribution in [-0.4, -0.2) is 89.9 Å². The van der Waals surface area contributed by atoms with Crippen molar-refractivity contribution in [3.05, 3.63) is 34.9 Å². The van der Waals surface area contributed by atoms with Gasteiger partial charge < -0.3 is 21.2 Å². The van der Waals surface area contributed by atoms with Crippen LogP contribution in [0.15, 0.2) is 18.2 Å². The SMILES string of the molecule is NC(=O)C(CC=O)N1CCNCC1CC1CCNC1c1cccc2c1C(=O)N(C1CCC(=O)NC1=O)C2=O. The van der Waals surface area contributed by atoms with Gasteiger partial charge in [-0.25, -0.2) is 0 Å². The number of carbonyl (C=O) groups excluding carboxylic acids is 6. The molecule has 1 aromatic rings. The summed E-state index contributed by atoms with van der Waals surface area (Å²) in [6, 6.07) is 3.22. The van der Waals surface area contributed by atoms with Crippen LogP contribution in [0.5, 0.6) is 0 Å². The Bertz CT molecular complexity index is 1190. The van der Waals surface area contributed by atoms with E-state index in [1.807, 2.05) is 11.0 Å². The molecule has 4 aliphatic heterocycles. The first-order chi connectivity index (χ1) is 18.3. The van der Waals surface area contributed by atoms with Gasteiger partial charge in [0.05, 0.1) is 17.2 Å². The number of rotatable bonds is 8. The number of hydrogen-bond donors (Lipinski definition) is 4. The number of fused-ring (bicyclic) bond motifs is 1. The second-order valence-corrected chi connectivity index (χ2v) is 10.3. The molecule has 0 saturated carbocycles. The van der Waals surface area contributed by atoms with Crippen LogP contribution in [0.2, 0.25) is 0 Å². The van der Waals surface area contributed by atoms with E-state index in [1.165, 1.54) is 0 Å². The molecule has 5 N–H and O–H groups in total. The molecule has 0 aromatic heterocycles. The van der Waals surface area contributed by atoms with Crippen molar-refractivity contribution in [2.24, 2.45) is 11.7 Å². The lowest BCUT2D eigenvalue weighted by atomic mass is 9.84. The summed E-state index contributed by atoms with van der Waals surface area (Å²) in [7, 11) is 0. The summed E-state index contributed by atoms with van der Waals surface area (Å²) in [5, 5.41) is 9.07. The number of hydrogen-bond acceptors (Lipinski definition) is 9. The lowest BCUT2D eigenvalue weighted by Gasteiger charge is -2.41. The molecule has 1 aromatic carbocycles. The summed E-state index contributed by atoms with van der Waals surface area (Å²) in [5.74, 6) is -2.55. The van der Waals surface area contributed by atoms with E-state index in [0.717, 1.165) is 17.6 Å². The molecule has 12 heteroatoms. The molecule has 3 saturated heterocycles. The first kappa shape index (κ1) is 26.1. The first-order valence-electron chi connectivity index (χ1n) is 13.1. The van der Waals surface area contributed by atoms with Crippen molar-refractivity contribution in [2.45, 2.75) is 56.3 Å². The van der Waals surface area contributed by atoms with E-state index in [0.29, 0.717) is 43.7 Å². The number of aldehydes is 1. The number of nitrogens with two attached hydrogens (primary N) is 1. The molecule has 3 fully saturated rings. The lowest BCUT2D eigenvalue weighted by molar-refractivity contribution is -0.136. The summed E-state index contributed by atoms with van der Waals surface area (Å²) in [4.78, 5) is 77.3. The fraction of sp³-hybridized carbons (Fsp3) is 0.538. The minimum Gasteiger partial charge on any atom is -0.368 e. The summed E-state index contributed by atoms with van der Waals surface area (Å²) in [6.07, 6.45) is 2.44. The summed E-state index contributed by atoms with van der Waals surface area (Å²) >= 11 is 0. The maximum atomic E-state index is 13.6. The van der Waals surface area contributed by atoms with E-state index < -0.39 is 41.6 Å². The first-order valence-corrected chi connectivity index (χ1v) is 13.1. The van der Waals surface area contributed by atoms with Crippen LogP contribution >= 0.6 is 0 Å². The maximum absolute atomic E-state index is 13.6. The van der Waals surface area contributed by atoms with Crippen molar-refractivity contribution in [3.63, 3.8) is 0 Å². The van der Waals surface area contributed by atoms with Crippen LogP contribution < -0.4 is 21.7 Å². The number of amides is 5. The van der Waals surface area contributed by atoms with Gasteiger partial charge in [-0.15, -0.1) is 0 Å². The minimum atomic E-state index is -1.02. The highest BCUT2D eigenvalue weighted by molar-refractivity contribution is 6.24. The van der Waals surface area contributed by atoms with Crippen molar-refractivity contribution in [2.75, 3.05) is 26.2 Å². The summed E-state index contributed by atoms with van der Waals surface area (Å²) < 4.78 is 0. The van der Waals surface area contributed by atoms with E-state index in [4.69, 9.17) is 5.73 Å². The molecular weight excluding hydrogens is 492 g/mol. The van der Waals surface area contributed by atoms with Gasteiger partial charge in [0.1, 0.15) is 12.3 Å². The molecule has 12 nitrogen and oxygen atoms in total. The average Bonchev–Trinajstić information content (AvgIpc) is 3.45. The molecule has 0 bridgehead atoms. The third-order valence-corrected chi connectivity index (χ3v) is 8.21. The normalized spacial score (nSPS) is 28.8. The van der Waals surface area contributed by atoms with Gasteiger partial charge in [-0.05, 0) is 43.4 Å². The number of nitrogens with one attached hydrogen (secondary N) is 3. The number of piperazine rings is 1. The van der Waals surface area contributed by atoms with E-state index in [9.17, 15) is 28.8 Å². The van der Waals surface area contributed by atoms with E-state index in [1.54, 1.807) is 12.1 Å². The van der Waals surface area contributed by atoms with Gasteiger partial charge in [-0.1, -0.05) is 12.1 Å². The molecular formula is C26H32N6O6. The van der Waals surface area contributed by atoms with E-state index >= 15 is 0 Å². The highest BCUT2D eigenvalue weighted by Gasteiger charge is 2.47. The van der Waals surface area contributed by atoms with Gasteiger partial charge in [0.15, 0.2) is 0 Å². The van der Waals surface area contributed by atoms with Gasteiger partial charge in [0.25, 0.3) is 11.8 Å². The monoisotopic (exact) mass is 524 g/mol. The highest BCUT2D eigenvalue weighted by Crippen LogP contribution is 2.39.